The number of hydrogen-bond donors (Lipinski definition) is 1. The number of nitrogens with zero attached hydrogens (tertiary/aromatic N) is 1. The average Bonchev–Trinajstić information content (AvgIpc) is 3.15. The lowest BCUT2D eigenvalue weighted by molar-refractivity contribution is -0.121. The third-order valence-electron chi connectivity index (χ3n) is 5.69. The van der Waals surface area contributed by atoms with Crippen LogP contribution in [0.15, 0.2) is 4.99 Å². The van der Waals surface area contributed by atoms with Crippen LogP contribution in [0, 0.1) is 17.8 Å². The van der Waals surface area contributed by atoms with Gasteiger partial charge in [-0.15, -0.1) is 0 Å². The Balaban J connectivity index is 1.40. The zero-order valence-corrected chi connectivity index (χ0v) is 12.2. The number of fused-ring (bicyclic) bond motifs is 2. The number of carbonyl (C=O) groups is 1. The van der Waals surface area contributed by atoms with Crippen LogP contribution in [-0.4, -0.2) is 22.4 Å². The first-order valence-corrected chi connectivity index (χ1v) is 8.62. The predicted molar refractivity (Wildman–Crippen MR) is 78.2 cm³/mol. The second-order valence-electron chi connectivity index (χ2n) is 6.84. The van der Waals surface area contributed by atoms with Crippen molar-refractivity contribution in [3.05, 3.63) is 0 Å². The van der Waals surface area contributed by atoms with Crippen molar-refractivity contribution in [2.24, 2.45) is 22.7 Å². The maximum atomic E-state index is 12.1. The molecule has 104 valence electrons. The summed E-state index contributed by atoms with van der Waals surface area (Å²) >= 11 is 1.72. The number of carbonyl (C=O) groups excluding carboxylic acids is 1. The van der Waals surface area contributed by atoms with E-state index in [0.29, 0.717) is 0 Å². The van der Waals surface area contributed by atoms with Crippen LogP contribution >= 0.6 is 11.8 Å². The summed E-state index contributed by atoms with van der Waals surface area (Å²) < 4.78 is -0.145. The maximum Gasteiger partial charge on any atom is 0.242 e. The Bertz CT molecular complexity index is 428. The minimum absolute atomic E-state index is 0.145. The molecule has 1 heterocycles. The predicted octanol–water partition coefficient (Wildman–Crippen LogP) is 2.95. The van der Waals surface area contributed by atoms with Gasteiger partial charge in [0.15, 0.2) is 5.17 Å². The van der Waals surface area contributed by atoms with Crippen LogP contribution in [0.4, 0.5) is 0 Å². The Labute approximate surface area is 119 Å². The molecule has 0 aromatic rings. The minimum atomic E-state index is -0.145. The number of amidine groups is 1. The first-order valence-electron chi connectivity index (χ1n) is 7.80. The van der Waals surface area contributed by atoms with Crippen LogP contribution in [-0.2, 0) is 4.79 Å². The van der Waals surface area contributed by atoms with Crippen molar-refractivity contribution in [3.63, 3.8) is 0 Å². The van der Waals surface area contributed by atoms with E-state index in [1.807, 2.05) is 0 Å². The van der Waals surface area contributed by atoms with Crippen molar-refractivity contribution in [2.45, 2.75) is 56.1 Å². The third kappa shape index (κ3) is 2.03. The fourth-order valence-electron chi connectivity index (χ4n) is 4.62. The normalized spacial score (nSPS) is 41.6. The Hall–Kier alpha value is -0.510. The van der Waals surface area contributed by atoms with E-state index in [0.717, 1.165) is 42.3 Å². The molecule has 4 fully saturated rings. The fourth-order valence-corrected chi connectivity index (χ4v) is 5.90. The van der Waals surface area contributed by atoms with Crippen molar-refractivity contribution in [1.82, 2.24) is 5.32 Å². The summed E-state index contributed by atoms with van der Waals surface area (Å²) in [4.78, 5) is 16.9. The Morgan fingerprint density at radius 2 is 2.11 bits per heavy atom. The summed E-state index contributed by atoms with van der Waals surface area (Å²) in [7, 11) is 0. The summed E-state index contributed by atoms with van der Waals surface area (Å²) in [5.41, 5.74) is 0. The second kappa shape index (κ2) is 4.51. The van der Waals surface area contributed by atoms with Gasteiger partial charge >= 0.3 is 0 Å². The van der Waals surface area contributed by atoms with Gasteiger partial charge in [-0.05, 0) is 49.9 Å². The maximum absolute atomic E-state index is 12.1. The van der Waals surface area contributed by atoms with Gasteiger partial charge in [0.05, 0.1) is 0 Å². The highest BCUT2D eigenvalue weighted by Crippen LogP contribution is 2.49. The van der Waals surface area contributed by atoms with Gasteiger partial charge in [0.25, 0.3) is 0 Å². The molecule has 3 atom stereocenters. The van der Waals surface area contributed by atoms with E-state index in [9.17, 15) is 4.79 Å². The molecule has 3 aliphatic carbocycles. The first-order chi connectivity index (χ1) is 9.25. The summed E-state index contributed by atoms with van der Waals surface area (Å²) in [5.74, 6) is 2.93. The molecule has 3 nitrogen and oxygen atoms in total. The van der Waals surface area contributed by atoms with Gasteiger partial charge in [-0.25, -0.2) is 0 Å². The first kappa shape index (κ1) is 12.2. The Morgan fingerprint density at radius 1 is 1.26 bits per heavy atom. The second-order valence-corrected chi connectivity index (χ2v) is 8.21. The van der Waals surface area contributed by atoms with Gasteiger partial charge in [0.1, 0.15) is 4.75 Å². The van der Waals surface area contributed by atoms with E-state index >= 15 is 0 Å². The van der Waals surface area contributed by atoms with Crippen molar-refractivity contribution in [1.29, 1.82) is 0 Å². The van der Waals surface area contributed by atoms with E-state index in [1.54, 1.807) is 11.8 Å². The molecular formula is C15H22N2OS. The van der Waals surface area contributed by atoms with Crippen LogP contribution in [0.5, 0.6) is 0 Å². The summed E-state index contributed by atoms with van der Waals surface area (Å²) in [5, 5.41) is 3.94. The number of hydrogen-bond acceptors (Lipinski definition) is 3. The van der Waals surface area contributed by atoms with E-state index in [1.165, 1.54) is 38.5 Å². The average molecular weight is 278 g/mol. The molecule has 1 unspecified atom stereocenters. The van der Waals surface area contributed by atoms with Crippen LogP contribution < -0.4 is 5.32 Å². The standard InChI is InChI=1S/C15H22N2OS/c18-13-15(5-1-2-6-15)19-14(17-13)16-9-12-8-10-3-4-11(12)7-10/h10-12H,1-9H2,(H,16,17,18)/t10-,11+,12?/m1/s1. The van der Waals surface area contributed by atoms with E-state index in [2.05, 4.69) is 5.32 Å². The van der Waals surface area contributed by atoms with Crippen LogP contribution in [0.2, 0.25) is 0 Å². The molecule has 1 aliphatic heterocycles. The van der Waals surface area contributed by atoms with Gasteiger partial charge in [-0.3, -0.25) is 9.79 Å². The summed E-state index contributed by atoms with van der Waals surface area (Å²) in [6.07, 6.45) is 10.2. The third-order valence-corrected chi connectivity index (χ3v) is 7.10. The molecule has 2 bridgehead atoms. The molecule has 0 aromatic heterocycles. The van der Waals surface area contributed by atoms with Gasteiger partial charge in [0.2, 0.25) is 5.91 Å². The monoisotopic (exact) mass is 278 g/mol. The molecule has 3 saturated carbocycles. The SMILES string of the molecule is O=C1NC(=NCC2C[C@@H]3CC[C@H]2C3)SC12CCCC2. The van der Waals surface area contributed by atoms with Crippen LogP contribution in [0.25, 0.3) is 0 Å². The largest absolute Gasteiger partial charge is 0.304 e. The van der Waals surface area contributed by atoms with Crippen molar-refractivity contribution < 1.29 is 4.79 Å². The molecule has 0 aromatic carbocycles. The molecule has 1 N–H and O–H groups in total. The lowest BCUT2D eigenvalue weighted by Crippen LogP contribution is -2.33. The number of amides is 1. The van der Waals surface area contributed by atoms with Gasteiger partial charge in [0, 0.05) is 6.54 Å². The molecular weight excluding hydrogens is 256 g/mol. The topological polar surface area (TPSA) is 41.5 Å². The van der Waals surface area contributed by atoms with E-state index in [-0.39, 0.29) is 10.7 Å². The zero-order chi connectivity index (χ0) is 12.9. The molecule has 1 amide bonds. The van der Waals surface area contributed by atoms with Crippen LogP contribution in [0.3, 0.4) is 0 Å². The number of rotatable bonds is 2. The smallest absolute Gasteiger partial charge is 0.242 e. The fraction of sp³-hybridized carbons (Fsp3) is 0.867. The molecule has 0 radical (unpaired) electrons. The van der Waals surface area contributed by atoms with E-state index < -0.39 is 0 Å². The quantitative estimate of drug-likeness (QED) is 0.843. The highest BCUT2D eigenvalue weighted by atomic mass is 32.2. The number of nitrogens with one attached hydrogen (secondary N) is 1. The van der Waals surface area contributed by atoms with Crippen molar-refractivity contribution >= 4 is 22.8 Å². The van der Waals surface area contributed by atoms with Crippen molar-refractivity contribution in [2.75, 3.05) is 6.54 Å². The highest BCUT2D eigenvalue weighted by Gasteiger charge is 2.48. The number of aliphatic imine (C=N–C) groups is 1. The van der Waals surface area contributed by atoms with Gasteiger partial charge in [-0.1, -0.05) is 31.0 Å². The zero-order valence-electron chi connectivity index (χ0n) is 11.4. The molecule has 4 heteroatoms. The van der Waals surface area contributed by atoms with Crippen molar-refractivity contribution in [3.8, 4) is 0 Å². The molecule has 4 aliphatic rings. The molecule has 1 spiro atoms. The Morgan fingerprint density at radius 3 is 2.79 bits per heavy atom. The minimum Gasteiger partial charge on any atom is -0.304 e. The lowest BCUT2D eigenvalue weighted by atomic mass is 9.89. The van der Waals surface area contributed by atoms with Gasteiger partial charge in [-0.2, -0.15) is 0 Å². The molecule has 1 saturated heterocycles. The summed E-state index contributed by atoms with van der Waals surface area (Å²) in [6.45, 7) is 0.944. The highest BCUT2D eigenvalue weighted by molar-refractivity contribution is 8.16. The van der Waals surface area contributed by atoms with Crippen LogP contribution in [0.1, 0.15) is 51.4 Å². The molecule has 4 rings (SSSR count). The lowest BCUT2D eigenvalue weighted by Gasteiger charge is -2.19. The van der Waals surface area contributed by atoms with E-state index in [4.69, 9.17) is 4.99 Å². The Kier molecular flexibility index (Phi) is 2.90. The summed E-state index contributed by atoms with van der Waals surface area (Å²) in [6, 6.07) is 0. The number of thioether (sulfide) groups is 1. The molecule has 19 heavy (non-hydrogen) atoms. The van der Waals surface area contributed by atoms with Gasteiger partial charge < -0.3 is 5.32 Å².